The molecule has 2 unspecified atom stereocenters. The lowest BCUT2D eigenvalue weighted by molar-refractivity contribution is -0.151. The van der Waals surface area contributed by atoms with Crippen molar-refractivity contribution >= 4 is 36.2 Å². The monoisotopic (exact) mass is 666 g/mol. The van der Waals surface area contributed by atoms with Crippen molar-refractivity contribution in [2.75, 3.05) is 13.7 Å². The van der Waals surface area contributed by atoms with Crippen molar-refractivity contribution in [3.63, 3.8) is 0 Å². The molecule has 5 heterocycles. The zero-order valence-electron chi connectivity index (χ0n) is 29.8. The highest BCUT2D eigenvalue weighted by atomic mass is 16.5. The molecule has 6 rings (SSSR count). The molecule has 0 spiro atoms. The van der Waals surface area contributed by atoms with Gasteiger partial charge in [0, 0.05) is 87.6 Å². The molecule has 2 aromatic heterocycles. The number of esters is 2. The van der Waals surface area contributed by atoms with Gasteiger partial charge in [-0.25, -0.2) is 0 Å². The van der Waals surface area contributed by atoms with Crippen molar-refractivity contribution < 1.29 is 24.2 Å². The number of fused-ring (bicyclic) bond motifs is 8. The van der Waals surface area contributed by atoms with Crippen molar-refractivity contribution in [3.05, 3.63) is 92.5 Å². The average Bonchev–Trinajstić information content (AvgIpc) is 3.80. The summed E-state index contributed by atoms with van der Waals surface area (Å²) in [5.41, 5.74) is 12.6. The Hall–Kier alpha value is -4.50. The number of rotatable bonds is 8. The second-order valence-corrected chi connectivity index (χ2v) is 14.1. The summed E-state index contributed by atoms with van der Waals surface area (Å²) in [5, 5.41) is 19.4. The molecule has 1 aliphatic carbocycles. The predicted octanol–water partition coefficient (Wildman–Crippen LogP) is 6.96. The third-order valence-electron chi connectivity index (χ3n) is 11.3. The molecule has 3 aliphatic heterocycles. The standard InChI is InChI=1S/C40H50N4O5/c1-10-24-20(5)27-16-29-22(7)26(12-13-33(45)49-15-14-19(3)4)37(43-29)35-36(40(47)48-9)39(46)34-23(8)30(44-38(34)35)18-32-25(11-2)21(6)28(42-32)17-31(24)41-27/h10-11,16-18,21-22,26,35-37,39,41-44,46H,1,3,12-15H2,2,4-9H3/b25-11+,28-17-,29-16-,32-18-/t21-,22+,26+,35?,36-,37?,39+/m1/s1. The van der Waals surface area contributed by atoms with Gasteiger partial charge in [-0.1, -0.05) is 38.2 Å². The number of H-pyrrole nitrogens is 2. The molecule has 0 aromatic carbocycles. The fourth-order valence-corrected chi connectivity index (χ4v) is 8.49. The normalized spacial score (nSPS) is 30.7. The smallest absolute Gasteiger partial charge is 0.312 e. The Morgan fingerprint density at radius 3 is 2.41 bits per heavy atom. The second-order valence-electron chi connectivity index (χ2n) is 14.1. The molecule has 0 saturated carbocycles. The topological polar surface area (TPSA) is 128 Å². The highest BCUT2D eigenvalue weighted by Crippen LogP contribution is 2.54. The Balaban J connectivity index is 1.52. The molecule has 49 heavy (non-hydrogen) atoms. The molecule has 4 aliphatic rings. The van der Waals surface area contributed by atoms with E-state index in [9.17, 15) is 14.7 Å². The van der Waals surface area contributed by atoms with Crippen molar-refractivity contribution in [2.45, 2.75) is 78.9 Å². The van der Waals surface area contributed by atoms with Crippen LogP contribution in [0.2, 0.25) is 0 Å². The molecule has 5 N–H and O–H groups in total. The number of aromatic amines is 2. The van der Waals surface area contributed by atoms with E-state index in [0.29, 0.717) is 19.4 Å². The first-order valence-corrected chi connectivity index (χ1v) is 17.4. The highest BCUT2D eigenvalue weighted by molar-refractivity contribution is 5.79. The van der Waals surface area contributed by atoms with E-state index in [2.05, 4.69) is 78.8 Å². The first kappa shape index (κ1) is 34.4. The van der Waals surface area contributed by atoms with Gasteiger partial charge in [0.05, 0.1) is 25.7 Å². The molecule has 2 aromatic rings. The number of aromatic nitrogens is 2. The van der Waals surface area contributed by atoms with Gasteiger partial charge in [-0.2, -0.15) is 0 Å². The lowest BCUT2D eigenvalue weighted by Crippen LogP contribution is -2.40. The van der Waals surface area contributed by atoms with E-state index in [1.54, 1.807) is 0 Å². The number of methoxy groups -OCH3 is 1. The minimum absolute atomic E-state index is 0.00711. The first-order chi connectivity index (χ1) is 23.4. The molecule has 8 bridgehead atoms. The summed E-state index contributed by atoms with van der Waals surface area (Å²) in [6.07, 6.45) is 10.8. The van der Waals surface area contributed by atoms with Crippen LogP contribution in [0.1, 0.15) is 104 Å². The predicted molar refractivity (Wildman–Crippen MR) is 194 cm³/mol. The van der Waals surface area contributed by atoms with Gasteiger partial charge in [0.2, 0.25) is 0 Å². The van der Waals surface area contributed by atoms with E-state index >= 15 is 0 Å². The van der Waals surface area contributed by atoms with Crippen molar-refractivity contribution in [2.24, 2.45) is 23.7 Å². The maximum atomic E-state index is 13.5. The summed E-state index contributed by atoms with van der Waals surface area (Å²) in [5.74, 6) is -1.90. The van der Waals surface area contributed by atoms with Crippen LogP contribution in [0.4, 0.5) is 0 Å². The zero-order valence-corrected chi connectivity index (χ0v) is 29.8. The maximum Gasteiger partial charge on any atom is 0.312 e. The van der Waals surface area contributed by atoms with Crippen LogP contribution in [0.3, 0.4) is 0 Å². The molecular weight excluding hydrogens is 616 g/mol. The van der Waals surface area contributed by atoms with Crippen LogP contribution in [0.25, 0.3) is 24.3 Å². The Morgan fingerprint density at radius 1 is 1.02 bits per heavy atom. The van der Waals surface area contributed by atoms with E-state index < -0.39 is 23.9 Å². The summed E-state index contributed by atoms with van der Waals surface area (Å²) < 4.78 is 10.9. The highest BCUT2D eigenvalue weighted by Gasteiger charge is 2.55. The van der Waals surface area contributed by atoms with Gasteiger partial charge < -0.3 is 35.2 Å². The van der Waals surface area contributed by atoms with Crippen LogP contribution in [0.15, 0.2) is 47.5 Å². The first-order valence-electron chi connectivity index (χ1n) is 17.4. The van der Waals surface area contributed by atoms with Gasteiger partial charge in [0.1, 0.15) is 0 Å². The van der Waals surface area contributed by atoms with Gasteiger partial charge in [0.15, 0.2) is 0 Å². The second kappa shape index (κ2) is 13.4. The number of carbonyl (C=O) groups excluding carboxylic acids is 2. The number of ether oxygens (including phenoxy) is 2. The summed E-state index contributed by atoms with van der Waals surface area (Å²) in [7, 11) is 1.37. The maximum absolute atomic E-state index is 13.5. The number of aliphatic hydroxyl groups excluding tert-OH is 1. The molecule has 2 saturated heterocycles. The molecule has 260 valence electrons. The van der Waals surface area contributed by atoms with E-state index in [-0.39, 0.29) is 36.2 Å². The molecule has 0 amide bonds. The third kappa shape index (κ3) is 5.92. The number of aliphatic hydroxyl groups is 1. The average molecular weight is 667 g/mol. The number of carbonyl (C=O) groups is 2. The lowest BCUT2D eigenvalue weighted by atomic mass is 9.76. The Labute approximate surface area is 289 Å². The van der Waals surface area contributed by atoms with Gasteiger partial charge in [0.25, 0.3) is 0 Å². The molecule has 9 heteroatoms. The molecule has 0 radical (unpaired) electrons. The molecule has 9 nitrogen and oxygen atoms in total. The minimum atomic E-state index is -1.05. The van der Waals surface area contributed by atoms with Crippen molar-refractivity contribution in [1.82, 2.24) is 20.6 Å². The largest absolute Gasteiger partial charge is 0.469 e. The van der Waals surface area contributed by atoms with E-state index in [1.165, 1.54) is 12.7 Å². The van der Waals surface area contributed by atoms with Crippen molar-refractivity contribution in [3.8, 4) is 0 Å². The van der Waals surface area contributed by atoms with Crippen LogP contribution < -0.4 is 10.6 Å². The summed E-state index contributed by atoms with van der Waals surface area (Å²) in [4.78, 5) is 33.8. The van der Waals surface area contributed by atoms with E-state index in [1.807, 2.05) is 26.8 Å². The lowest BCUT2D eigenvalue weighted by Gasteiger charge is -2.31. The van der Waals surface area contributed by atoms with Crippen LogP contribution in [-0.4, -0.2) is 46.8 Å². The van der Waals surface area contributed by atoms with E-state index in [0.717, 1.165) is 67.7 Å². The Morgan fingerprint density at radius 2 is 1.73 bits per heavy atom. The Kier molecular flexibility index (Phi) is 9.42. The zero-order chi connectivity index (χ0) is 35.3. The molecule has 7 atom stereocenters. The number of hydrogen-bond acceptors (Lipinski definition) is 7. The minimum Gasteiger partial charge on any atom is -0.469 e. The fourth-order valence-electron chi connectivity index (χ4n) is 8.49. The quantitative estimate of drug-likeness (QED) is 0.152. The van der Waals surface area contributed by atoms with E-state index in [4.69, 9.17) is 9.47 Å². The Bertz CT molecular complexity index is 1830. The SMILES string of the molecule is C=Cc1c2[nH]c(c1C)/C=C1\NC(C3c4[nH]c(c(C)c4[C@H](O)[C@@H]3C(=O)OC)/C=C3\N/C(=C\2)[C@H](C)\C3=C/C)[C@@H](CCC(=O)OCCC(=C)C)[C@@H]1C. The molecular formula is C40H50N4O5. The summed E-state index contributed by atoms with van der Waals surface area (Å²) in [6.45, 7) is 20.8. The van der Waals surface area contributed by atoms with Crippen LogP contribution in [-0.2, 0) is 19.1 Å². The van der Waals surface area contributed by atoms with Gasteiger partial charge >= 0.3 is 11.9 Å². The van der Waals surface area contributed by atoms with Gasteiger partial charge in [-0.15, -0.1) is 6.58 Å². The van der Waals surface area contributed by atoms with Crippen molar-refractivity contribution in [1.29, 1.82) is 0 Å². The number of nitrogens with one attached hydrogen (secondary N) is 4. The number of hydrogen-bond donors (Lipinski definition) is 5. The van der Waals surface area contributed by atoms with Crippen LogP contribution >= 0.6 is 0 Å². The third-order valence-corrected chi connectivity index (χ3v) is 11.3. The molecule has 2 fully saturated rings. The summed E-state index contributed by atoms with van der Waals surface area (Å²) >= 11 is 0. The van der Waals surface area contributed by atoms with Gasteiger partial charge in [-0.3, -0.25) is 9.59 Å². The summed E-state index contributed by atoms with van der Waals surface area (Å²) in [6, 6.07) is -0.285. The fraction of sp³-hybridized carbons (Fsp3) is 0.450. The van der Waals surface area contributed by atoms with Crippen LogP contribution in [0, 0.1) is 37.5 Å². The van der Waals surface area contributed by atoms with Crippen LogP contribution in [0.5, 0.6) is 0 Å². The number of allylic oxidation sites excluding steroid dienone is 4. The van der Waals surface area contributed by atoms with Gasteiger partial charge in [-0.05, 0) is 75.0 Å².